The van der Waals surface area contributed by atoms with Gasteiger partial charge in [0, 0.05) is 72.3 Å². The second-order valence-corrected chi connectivity index (χ2v) is 16.9. The fourth-order valence-corrected chi connectivity index (χ4v) is 9.46. The first-order chi connectivity index (χ1) is 25.8. The quantitative estimate of drug-likeness (QED) is 0.270. The summed E-state index contributed by atoms with van der Waals surface area (Å²) < 4.78 is 41.3. The van der Waals surface area contributed by atoms with Crippen molar-refractivity contribution in [3.8, 4) is 11.3 Å². The normalized spacial score (nSPS) is 27.7. The third-order valence-corrected chi connectivity index (χ3v) is 12.6. The Kier molecular flexibility index (Phi) is 10.9. The van der Waals surface area contributed by atoms with Crippen molar-refractivity contribution in [3.05, 3.63) is 53.3 Å². The van der Waals surface area contributed by atoms with Crippen LogP contribution in [0.15, 0.2) is 41.5 Å². The van der Waals surface area contributed by atoms with Crippen LogP contribution in [0.3, 0.4) is 0 Å². The lowest BCUT2D eigenvalue weighted by Crippen LogP contribution is -2.60. The highest BCUT2D eigenvalue weighted by molar-refractivity contribution is 8.14. The number of methoxy groups -OCH3 is 1. The Morgan fingerprint density at radius 3 is 2.76 bits per heavy atom. The zero-order chi connectivity index (χ0) is 38.5. The standard InChI is InChI=1S/C40H50F2N6O5S/c1-7-47-30-13-12-23-16-25(30)26(35(47)24-10-8-14-43-34(24)22(3)52-6)18-40(4,5)20-53-39(51)27-11-9-15-48(46-27)38(50)28(17-31-44-29(23)19-54-31)45-37(49)33-21(2)32(33)36(41)42/h8,10,12-14,16,21-22,27-29,32-33,36,46H,7,9,11,15,17-20H2,1-6H3,(H,45,49)/t21-,22-,27-,28-,29?,32+,33+/m0/s1. The van der Waals surface area contributed by atoms with Gasteiger partial charge in [-0.1, -0.05) is 26.8 Å². The molecule has 2 fully saturated rings. The smallest absolute Gasteiger partial charge is 0.324 e. The number of pyridine rings is 1. The van der Waals surface area contributed by atoms with E-state index < -0.39 is 59.5 Å². The van der Waals surface area contributed by atoms with Crippen molar-refractivity contribution in [3.63, 3.8) is 0 Å². The molecule has 3 aliphatic heterocycles. The summed E-state index contributed by atoms with van der Waals surface area (Å²) in [5, 5.41) is 5.96. The monoisotopic (exact) mass is 764 g/mol. The molecule has 3 aromatic rings. The number of fused-ring (bicyclic) bond motifs is 5. The number of amides is 2. The van der Waals surface area contributed by atoms with Crippen molar-refractivity contribution in [2.45, 2.75) is 97.5 Å². The highest BCUT2D eigenvalue weighted by atomic mass is 32.2. The highest BCUT2D eigenvalue weighted by Crippen LogP contribution is 2.50. The molecule has 2 amide bonds. The van der Waals surface area contributed by atoms with Gasteiger partial charge in [-0.25, -0.2) is 14.2 Å². The summed E-state index contributed by atoms with van der Waals surface area (Å²) in [6.45, 7) is 11.1. The Bertz CT molecular complexity index is 1970. The van der Waals surface area contributed by atoms with Gasteiger partial charge in [0.05, 0.1) is 35.2 Å². The molecule has 14 heteroatoms. The van der Waals surface area contributed by atoms with Crippen molar-refractivity contribution < 1.29 is 32.6 Å². The van der Waals surface area contributed by atoms with E-state index >= 15 is 0 Å². The third kappa shape index (κ3) is 7.40. The van der Waals surface area contributed by atoms with E-state index in [0.29, 0.717) is 43.1 Å². The summed E-state index contributed by atoms with van der Waals surface area (Å²) in [6, 6.07) is 8.48. The number of hydrogen-bond acceptors (Lipinski definition) is 9. The lowest BCUT2D eigenvalue weighted by molar-refractivity contribution is -0.155. The molecule has 1 saturated carbocycles. The molecule has 290 valence electrons. The first kappa shape index (κ1) is 38.4. The van der Waals surface area contributed by atoms with Crippen LogP contribution in [0.5, 0.6) is 0 Å². The number of aromatic nitrogens is 2. The number of halogens is 2. The van der Waals surface area contributed by atoms with Crippen molar-refractivity contribution in [2.75, 3.05) is 26.0 Å². The first-order valence-electron chi connectivity index (χ1n) is 19.0. The SMILES string of the molecule is CCn1c(-c2cccnc2[C@H](C)OC)c2c3cc(ccc31)C1CSC(=N1)C[C@H](NC(=O)[C@@H]1[C@@H](C)[C@H]1C(F)F)C(=O)N1CCC[C@H](N1)C(=O)OCC(C)(C)C2. The molecule has 4 aliphatic rings. The van der Waals surface area contributed by atoms with E-state index in [0.717, 1.165) is 39.0 Å². The molecule has 1 unspecified atom stereocenters. The molecule has 0 spiro atoms. The molecule has 1 saturated heterocycles. The number of hydrogen-bond donors (Lipinski definition) is 2. The molecule has 0 radical (unpaired) electrons. The molecule has 5 heterocycles. The minimum atomic E-state index is -2.61. The number of alkyl halides is 2. The van der Waals surface area contributed by atoms with E-state index in [1.807, 2.05) is 13.0 Å². The van der Waals surface area contributed by atoms with Gasteiger partial charge in [0.1, 0.15) is 12.1 Å². The van der Waals surface area contributed by atoms with Crippen molar-refractivity contribution >= 4 is 45.5 Å². The number of carbonyl (C=O) groups excluding carboxylic acids is 3. The Labute approximate surface area is 319 Å². The number of aryl methyl sites for hydroxylation is 1. The van der Waals surface area contributed by atoms with Crippen LogP contribution in [0, 0.1) is 23.2 Å². The second-order valence-electron chi connectivity index (χ2n) is 15.8. The van der Waals surface area contributed by atoms with E-state index in [1.54, 1.807) is 20.2 Å². The Balaban J connectivity index is 1.31. The number of benzene rings is 1. The summed E-state index contributed by atoms with van der Waals surface area (Å²) in [6.07, 6.45) is 0.648. The van der Waals surface area contributed by atoms with E-state index in [4.69, 9.17) is 19.5 Å². The minimum absolute atomic E-state index is 0.110. The van der Waals surface area contributed by atoms with Crippen molar-refractivity contribution in [1.82, 2.24) is 25.3 Å². The Morgan fingerprint density at radius 1 is 1.24 bits per heavy atom. The number of hydrazine groups is 1. The number of thioether (sulfide) groups is 1. The van der Waals surface area contributed by atoms with Crippen LogP contribution in [0.2, 0.25) is 0 Å². The summed E-state index contributed by atoms with van der Waals surface area (Å²) in [5.74, 6) is -3.19. The van der Waals surface area contributed by atoms with Gasteiger partial charge in [0.2, 0.25) is 12.3 Å². The van der Waals surface area contributed by atoms with Crippen LogP contribution in [0.25, 0.3) is 22.2 Å². The lowest BCUT2D eigenvalue weighted by atomic mass is 9.84. The Hall–Kier alpha value is -3.88. The highest BCUT2D eigenvalue weighted by Gasteiger charge is 2.57. The first-order valence-corrected chi connectivity index (χ1v) is 20.0. The zero-order valence-corrected chi connectivity index (χ0v) is 32.6. The fraction of sp³-hybridized carbons (Fsp3) is 0.575. The summed E-state index contributed by atoms with van der Waals surface area (Å²) in [5.41, 5.74) is 8.66. The number of esters is 1. The van der Waals surface area contributed by atoms with Crippen LogP contribution in [0.4, 0.5) is 8.78 Å². The summed E-state index contributed by atoms with van der Waals surface area (Å²) >= 11 is 1.53. The van der Waals surface area contributed by atoms with Crippen LogP contribution < -0.4 is 10.7 Å². The maximum atomic E-state index is 14.1. The number of nitrogens with zero attached hydrogens (tertiary/aromatic N) is 4. The molecule has 6 bridgehead atoms. The van der Waals surface area contributed by atoms with Gasteiger partial charge in [-0.15, -0.1) is 11.8 Å². The second kappa shape index (κ2) is 15.3. The fourth-order valence-electron chi connectivity index (χ4n) is 8.36. The van der Waals surface area contributed by atoms with E-state index in [-0.39, 0.29) is 25.2 Å². The summed E-state index contributed by atoms with van der Waals surface area (Å²) in [4.78, 5) is 50.9. The van der Waals surface area contributed by atoms with Gasteiger partial charge < -0.3 is 19.4 Å². The molecule has 2 aromatic heterocycles. The largest absolute Gasteiger partial charge is 0.464 e. The number of aliphatic imine (C=N–C) groups is 1. The molecular weight excluding hydrogens is 715 g/mol. The molecule has 1 aromatic carbocycles. The molecular formula is C40H50F2N6O5S. The van der Waals surface area contributed by atoms with Gasteiger partial charge in [0.15, 0.2) is 0 Å². The van der Waals surface area contributed by atoms with Crippen molar-refractivity contribution in [1.29, 1.82) is 0 Å². The number of rotatable bonds is 7. The molecule has 2 N–H and O–H groups in total. The van der Waals surface area contributed by atoms with E-state index in [9.17, 15) is 23.2 Å². The van der Waals surface area contributed by atoms with E-state index in [2.05, 4.69) is 60.3 Å². The van der Waals surface area contributed by atoms with Crippen LogP contribution in [-0.2, 0) is 36.8 Å². The van der Waals surface area contributed by atoms with Crippen LogP contribution >= 0.6 is 11.8 Å². The molecule has 7 rings (SSSR count). The van der Waals surface area contributed by atoms with Gasteiger partial charge >= 0.3 is 5.97 Å². The van der Waals surface area contributed by atoms with Gasteiger partial charge in [0.25, 0.3) is 5.91 Å². The number of nitrogens with one attached hydrogen (secondary N) is 2. The van der Waals surface area contributed by atoms with Gasteiger partial charge in [-0.2, -0.15) is 0 Å². The number of carbonyl (C=O) groups is 3. The summed E-state index contributed by atoms with van der Waals surface area (Å²) in [7, 11) is 1.68. The molecule has 1 aliphatic carbocycles. The molecule has 11 nitrogen and oxygen atoms in total. The minimum Gasteiger partial charge on any atom is -0.464 e. The van der Waals surface area contributed by atoms with Crippen molar-refractivity contribution in [2.24, 2.45) is 28.2 Å². The predicted molar refractivity (Wildman–Crippen MR) is 204 cm³/mol. The third-order valence-electron chi connectivity index (χ3n) is 11.5. The number of ether oxygens (including phenoxy) is 2. The average Bonchev–Trinajstić information content (AvgIpc) is 3.48. The topological polar surface area (TPSA) is 127 Å². The van der Waals surface area contributed by atoms with E-state index in [1.165, 1.54) is 16.8 Å². The van der Waals surface area contributed by atoms with Crippen LogP contribution in [-0.4, -0.2) is 81.9 Å². The maximum Gasteiger partial charge on any atom is 0.324 e. The average molecular weight is 765 g/mol. The zero-order valence-electron chi connectivity index (χ0n) is 31.7. The maximum absolute atomic E-state index is 14.1. The van der Waals surface area contributed by atoms with Crippen LogP contribution in [0.1, 0.15) is 82.8 Å². The lowest BCUT2D eigenvalue weighted by Gasteiger charge is -2.35. The Morgan fingerprint density at radius 2 is 2.04 bits per heavy atom. The molecule has 54 heavy (non-hydrogen) atoms. The van der Waals surface area contributed by atoms with Gasteiger partial charge in [-0.3, -0.25) is 29.4 Å². The van der Waals surface area contributed by atoms with Gasteiger partial charge in [-0.05, 0) is 74.4 Å². The predicted octanol–water partition coefficient (Wildman–Crippen LogP) is 6.26. The molecule has 7 atom stereocenters. The number of cyclic esters (lactones) is 1.